The van der Waals surface area contributed by atoms with Crippen molar-refractivity contribution in [2.24, 2.45) is 0 Å². The molecule has 0 fully saturated rings. The molecule has 5 nitrogen and oxygen atoms in total. The number of nitrogens with zero attached hydrogens (tertiary/aromatic N) is 1. The Morgan fingerprint density at radius 1 is 1.23 bits per heavy atom. The monoisotopic (exact) mass is 342 g/mol. The highest BCUT2D eigenvalue weighted by Crippen LogP contribution is 2.18. The first kappa shape index (κ1) is 17.0. The highest BCUT2D eigenvalue weighted by molar-refractivity contribution is 7.88. The molecule has 0 aliphatic rings. The Kier molecular flexibility index (Phi) is 5.63. The summed E-state index contributed by atoms with van der Waals surface area (Å²) in [5, 5.41) is 0.583. The molecule has 2 rings (SSSR count). The second kappa shape index (κ2) is 7.28. The molecule has 1 aromatic carbocycles. The largest absolute Gasteiger partial charge is 0.468 e. The van der Waals surface area contributed by atoms with E-state index in [-0.39, 0.29) is 18.3 Å². The highest BCUT2D eigenvalue weighted by Gasteiger charge is 2.20. The molecule has 0 aliphatic heterocycles. The lowest BCUT2D eigenvalue weighted by Gasteiger charge is -2.22. The summed E-state index contributed by atoms with van der Waals surface area (Å²) in [6, 6.07) is 10.2. The molecule has 0 spiro atoms. The Labute approximate surface area is 135 Å². The van der Waals surface area contributed by atoms with E-state index in [9.17, 15) is 8.42 Å². The van der Waals surface area contributed by atoms with Gasteiger partial charge in [-0.1, -0.05) is 23.7 Å². The van der Waals surface area contributed by atoms with Gasteiger partial charge < -0.3 is 4.42 Å². The molecule has 1 aromatic heterocycles. The van der Waals surface area contributed by atoms with Gasteiger partial charge in [0.05, 0.1) is 18.1 Å². The van der Waals surface area contributed by atoms with E-state index in [2.05, 4.69) is 4.72 Å². The van der Waals surface area contributed by atoms with E-state index in [0.29, 0.717) is 10.6 Å². The van der Waals surface area contributed by atoms with Crippen molar-refractivity contribution in [2.75, 3.05) is 20.6 Å². The van der Waals surface area contributed by atoms with Crippen LogP contribution in [0.25, 0.3) is 0 Å². The van der Waals surface area contributed by atoms with Gasteiger partial charge >= 0.3 is 0 Å². The second-order valence-electron chi connectivity index (χ2n) is 5.23. The molecule has 0 saturated heterocycles. The van der Waals surface area contributed by atoms with E-state index in [0.717, 1.165) is 5.76 Å². The van der Waals surface area contributed by atoms with Gasteiger partial charge in [-0.25, -0.2) is 13.1 Å². The Bertz CT molecular complexity index is 682. The molecule has 1 atom stereocenters. The zero-order valence-corrected chi connectivity index (χ0v) is 14.1. The Hall–Kier alpha value is -1.34. The van der Waals surface area contributed by atoms with Crippen molar-refractivity contribution in [3.8, 4) is 0 Å². The summed E-state index contributed by atoms with van der Waals surface area (Å²) >= 11 is 5.80. The van der Waals surface area contributed by atoms with Gasteiger partial charge in [-0.05, 0) is 43.9 Å². The van der Waals surface area contributed by atoms with Crippen LogP contribution in [0.5, 0.6) is 0 Å². The molecule has 2 aromatic rings. The minimum absolute atomic E-state index is 0.0809. The average Bonchev–Trinajstić information content (AvgIpc) is 2.95. The fourth-order valence-corrected chi connectivity index (χ4v) is 3.35. The second-order valence-corrected chi connectivity index (χ2v) is 7.47. The SMILES string of the molecule is CN(C)[C@H](CNS(=O)(=O)Cc1ccc(Cl)cc1)c1ccco1. The number of furan rings is 1. The number of rotatable bonds is 7. The van der Waals surface area contributed by atoms with Crippen LogP contribution in [0.4, 0.5) is 0 Å². The summed E-state index contributed by atoms with van der Waals surface area (Å²) in [5.41, 5.74) is 0.691. The lowest BCUT2D eigenvalue weighted by Crippen LogP contribution is -2.35. The van der Waals surface area contributed by atoms with Crippen molar-refractivity contribution >= 4 is 21.6 Å². The van der Waals surface area contributed by atoms with Gasteiger partial charge in [-0.2, -0.15) is 0 Å². The highest BCUT2D eigenvalue weighted by atomic mass is 35.5. The number of benzene rings is 1. The maximum Gasteiger partial charge on any atom is 0.215 e. The van der Waals surface area contributed by atoms with Crippen LogP contribution in [0.1, 0.15) is 17.4 Å². The molecule has 7 heteroatoms. The molecule has 1 heterocycles. The minimum Gasteiger partial charge on any atom is -0.468 e. The Morgan fingerprint density at radius 3 is 2.45 bits per heavy atom. The normalized spacial score (nSPS) is 13.5. The topological polar surface area (TPSA) is 62.6 Å². The molecule has 0 aliphatic carbocycles. The van der Waals surface area contributed by atoms with E-state index >= 15 is 0 Å². The lowest BCUT2D eigenvalue weighted by molar-refractivity contribution is 0.259. The molecular weight excluding hydrogens is 324 g/mol. The summed E-state index contributed by atoms with van der Waals surface area (Å²) in [5.74, 6) is 0.641. The molecule has 0 amide bonds. The van der Waals surface area contributed by atoms with Crippen LogP contribution in [-0.4, -0.2) is 34.0 Å². The number of hydrogen-bond donors (Lipinski definition) is 1. The standard InChI is InChI=1S/C15H19ClN2O3S/c1-18(2)14(15-4-3-9-21-15)10-17-22(19,20)11-12-5-7-13(16)8-6-12/h3-9,14,17H,10-11H2,1-2H3/t14-/m1/s1. The number of sulfonamides is 1. The predicted molar refractivity (Wildman–Crippen MR) is 87.2 cm³/mol. The quantitative estimate of drug-likeness (QED) is 0.840. The van der Waals surface area contributed by atoms with Crippen LogP contribution < -0.4 is 4.72 Å². The maximum absolute atomic E-state index is 12.2. The van der Waals surface area contributed by atoms with Gasteiger partial charge in [-0.3, -0.25) is 4.90 Å². The van der Waals surface area contributed by atoms with E-state index in [1.165, 1.54) is 0 Å². The number of hydrogen-bond acceptors (Lipinski definition) is 4. The van der Waals surface area contributed by atoms with Crippen LogP contribution in [-0.2, 0) is 15.8 Å². The lowest BCUT2D eigenvalue weighted by atomic mass is 10.2. The van der Waals surface area contributed by atoms with Gasteiger partial charge in [0, 0.05) is 11.6 Å². The summed E-state index contributed by atoms with van der Waals surface area (Å²) < 4.78 is 32.4. The summed E-state index contributed by atoms with van der Waals surface area (Å²) in [6.45, 7) is 0.246. The summed E-state index contributed by atoms with van der Waals surface area (Å²) in [6.07, 6.45) is 1.58. The third-order valence-corrected chi connectivity index (χ3v) is 4.83. The van der Waals surface area contributed by atoms with Crippen LogP contribution in [0.15, 0.2) is 47.1 Å². The van der Waals surface area contributed by atoms with Gasteiger partial charge in [0.15, 0.2) is 0 Å². The van der Waals surface area contributed by atoms with Crippen molar-refractivity contribution in [1.82, 2.24) is 9.62 Å². The first-order valence-corrected chi connectivity index (χ1v) is 8.82. The number of halogens is 1. The van der Waals surface area contributed by atoms with Crippen molar-refractivity contribution in [2.45, 2.75) is 11.8 Å². The maximum atomic E-state index is 12.2. The fraction of sp³-hybridized carbons (Fsp3) is 0.333. The third-order valence-electron chi connectivity index (χ3n) is 3.26. The van der Waals surface area contributed by atoms with Gasteiger partial charge in [0.1, 0.15) is 5.76 Å². The van der Waals surface area contributed by atoms with Crippen molar-refractivity contribution < 1.29 is 12.8 Å². The Morgan fingerprint density at radius 2 is 1.91 bits per heavy atom. The molecule has 0 radical (unpaired) electrons. The summed E-state index contributed by atoms with van der Waals surface area (Å²) in [7, 11) is 0.323. The fourth-order valence-electron chi connectivity index (χ4n) is 2.08. The Balaban J connectivity index is 2.00. The predicted octanol–water partition coefficient (Wildman–Crippen LogP) is 2.66. The van der Waals surface area contributed by atoms with Crippen molar-refractivity contribution in [1.29, 1.82) is 0 Å². The van der Waals surface area contributed by atoms with E-state index in [1.807, 2.05) is 25.1 Å². The van der Waals surface area contributed by atoms with Gasteiger partial charge in [0.2, 0.25) is 10.0 Å². The molecule has 0 bridgehead atoms. The van der Waals surface area contributed by atoms with Crippen LogP contribution in [0.2, 0.25) is 5.02 Å². The van der Waals surface area contributed by atoms with Crippen LogP contribution in [0.3, 0.4) is 0 Å². The van der Waals surface area contributed by atoms with E-state index in [1.54, 1.807) is 36.6 Å². The van der Waals surface area contributed by atoms with Crippen molar-refractivity contribution in [3.05, 3.63) is 59.0 Å². The molecule has 0 unspecified atom stereocenters. The third kappa shape index (κ3) is 4.84. The van der Waals surface area contributed by atoms with E-state index in [4.69, 9.17) is 16.0 Å². The zero-order valence-electron chi connectivity index (χ0n) is 12.5. The van der Waals surface area contributed by atoms with Crippen LogP contribution >= 0.6 is 11.6 Å². The molecule has 0 saturated carbocycles. The first-order valence-electron chi connectivity index (χ1n) is 6.79. The molecule has 22 heavy (non-hydrogen) atoms. The number of nitrogens with one attached hydrogen (secondary N) is 1. The van der Waals surface area contributed by atoms with Gasteiger partial charge in [-0.15, -0.1) is 0 Å². The first-order chi connectivity index (χ1) is 10.4. The minimum atomic E-state index is -3.43. The zero-order chi connectivity index (χ0) is 16.2. The molecular formula is C15H19ClN2O3S. The smallest absolute Gasteiger partial charge is 0.215 e. The average molecular weight is 343 g/mol. The van der Waals surface area contributed by atoms with Crippen molar-refractivity contribution in [3.63, 3.8) is 0 Å². The van der Waals surface area contributed by atoms with Crippen LogP contribution in [0, 0.1) is 0 Å². The van der Waals surface area contributed by atoms with E-state index < -0.39 is 10.0 Å². The summed E-state index contributed by atoms with van der Waals surface area (Å²) in [4.78, 5) is 1.91. The molecule has 1 N–H and O–H groups in total. The number of likely N-dealkylation sites (N-methyl/N-ethyl adjacent to an activating group) is 1. The molecule has 120 valence electrons. The van der Waals surface area contributed by atoms with Gasteiger partial charge in [0.25, 0.3) is 0 Å².